The molecule has 0 spiro atoms. The summed E-state index contributed by atoms with van der Waals surface area (Å²) in [4.78, 5) is 0. The monoisotopic (exact) mass is 332 g/mol. The second-order valence-electron chi connectivity index (χ2n) is 7.81. The molecule has 4 N–H and O–H groups in total. The molecular formula is C16H28O7. The van der Waals surface area contributed by atoms with Crippen molar-refractivity contribution in [3.8, 4) is 0 Å². The lowest BCUT2D eigenvalue weighted by atomic mass is 9.67. The average Bonchev–Trinajstić information content (AvgIpc) is 2.48. The maximum atomic E-state index is 10.1. The van der Waals surface area contributed by atoms with Crippen LogP contribution in [0.2, 0.25) is 0 Å². The third-order valence-electron chi connectivity index (χ3n) is 5.80. The van der Waals surface area contributed by atoms with E-state index in [0.717, 1.165) is 19.3 Å². The largest absolute Gasteiger partial charge is 0.394 e. The summed E-state index contributed by atoms with van der Waals surface area (Å²) in [7, 11) is 0. The number of aliphatic hydroxyl groups is 4. The van der Waals surface area contributed by atoms with Gasteiger partial charge in [0.1, 0.15) is 24.4 Å². The molecule has 4 aliphatic rings. The highest BCUT2D eigenvalue weighted by molar-refractivity contribution is 5.04. The van der Waals surface area contributed by atoms with Crippen LogP contribution in [0, 0.1) is 5.92 Å². The number of hydrogen-bond acceptors (Lipinski definition) is 7. The van der Waals surface area contributed by atoms with E-state index in [-0.39, 0.29) is 11.7 Å². The first-order valence-electron chi connectivity index (χ1n) is 8.34. The lowest BCUT2D eigenvalue weighted by molar-refractivity contribution is -0.353. The fraction of sp³-hybridized carbons (Fsp3) is 1.00. The molecule has 4 fully saturated rings. The van der Waals surface area contributed by atoms with Crippen molar-refractivity contribution in [2.75, 3.05) is 6.61 Å². The van der Waals surface area contributed by atoms with Crippen LogP contribution in [0.25, 0.3) is 0 Å². The van der Waals surface area contributed by atoms with Crippen LogP contribution in [0.1, 0.15) is 40.0 Å². The Balaban J connectivity index is 1.72. The van der Waals surface area contributed by atoms with Crippen molar-refractivity contribution >= 4 is 0 Å². The first-order valence-corrected chi connectivity index (χ1v) is 8.34. The van der Waals surface area contributed by atoms with Gasteiger partial charge in [-0.25, -0.2) is 0 Å². The molecule has 23 heavy (non-hydrogen) atoms. The highest BCUT2D eigenvalue weighted by atomic mass is 16.7. The highest BCUT2D eigenvalue weighted by Gasteiger charge is 2.56. The van der Waals surface area contributed by atoms with Gasteiger partial charge in [-0.1, -0.05) is 0 Å². The molecule has 2 bridgehead atoms. The van der Waals surface area contributed by atoms with E-state index in [1.54, 1.807) is 0 Å². The molecule has 7 nitrogen and oxygen atoms in total. The quantitative estimate of drug-likeness (QED) is 0.554. The van der Waals surface area contributed by atoms with Crippen molar-refractivity contribution < 1.29 is 34.6 Å². The lowest BCUT2D eigenvalue weighted by Crippen LogP contribution is -2.65. The van der Waals surface area contributed by atoms with Crippen LogP contribution in [0.15, 0.2) is 0 Å². The van der Waals surface area contributed by atoms with Gasteiger partial charge in [0, 0.05) is 0 Å². The molecule has 134 valence electrons. The van der Waals surface area contributed by atoms with Gasteiger partial charge in [0.25, 0.3) is 0 Å². The van der Waals surface area contributed by atoms with Gasteiger partial charge < -0.3 is 34.6 Å². The molecule has 4 rings (SSSR count). The summed E-state index contributed by atoms with van der Waals surface area (Å²) in [6.07, 6.45) is -3.76. The molecule has 0 unspecified atom stereocenters. The summed E-state index contributed by atoms with van der Waals surface area (Å²) in [5.41, 5.74) is -0.681. The van der Waals surface area contributed by atoms with Crippen LogP contribution in [-0.4, -0.2) is 75.0 Å². The Morgan fingerprint density at radius 2 is 1.78 bits per heavy atom. The van der Waals surface area contributed by atoms with Crippen molar-refractivity contribution in [3.63, 3.8) is 0 Å². The summed E-state index contributed by atoms with van der Waals surface area (Å²) in [5.74, 6) is 0.360. The molecule has 0 aromatic carbocycles. The molecular weight excluding hydrogens is 304 g/mol. The Morgan fingerprint density at radius 3 is 2.35 bits per heavy atom. The summed E-state index contributed by atoms with van der Waals surface area (Å²) >= 11 is 0. The minimum absolute atomic E-state index is 0.206. The first kappa shape index (κ1) is 17.5. The van der Waals surface area contributed by atoms with Crippen LogP contribution in [0.4, 0.5) is 0 Å². The molecule has 3 heterocycles. The summed E-state index contributed by atoms with van der Waals surface area (Å²) in [5, 5.41) is 39.1. The molecule has 1 aliphatic carbocycles. The minimum Gasteiger partial charge on any atom is -0.394 e. The maximum Gasteiger partial charge on any atom is 0.187 e. The third-order valence-corrected chi connectivity index (χ3v) is 5.80. The fourth-order valence-electron chi connectivity index (χ4n) is 4.22. The number of aliphatic hydroxyl groups excluding tert-OH is 4. The smallest absolute Gasteiger partial charge is 0.187 e. The zero-order valence-corrected chi connectivity index (χ0v) is 13.9. The topological polar surface area (TPSA) is 109 Å². The van der Waals surface area contributed by atoms with E-state index in [0.29, 0.717) is 5.92 Å². The van der Waals surface area contributed by atoms with E-state index in [4.69, 9.17) is 14.2 Å². The number of rotatable bonds is 3. The van der Waals surface area contributed by atoms with Crippen LogP contribution in [-0.2, 0) is 14.2 Å². The number of ether oxygens (including phenoxy) is 3. The predicted molar refractivity (Wildman–Crippen MR) is 79.6 cm³/mol. The number of fused-ring (bicyclic) bond motifs is 3. The standard InChI is InChI=1S/C16H28O7/c1-15(2)8-4-5-16(3,23-15)10(6-8)22-14-13(20)12(19)11(18)9(7-17)21-14/h8-14,17-20H,4-7H2,1-3H3/t8-,9+,10+,11+,12-,13+,14-,16+/m0/s1. The molecule has 0 aromatic heterocycles. The second kappa shape index (κ2) is 5.91. The van der Waals surface area contributed by atoms with Crippen molar-refractivity contribution in [2.24, 2.45) is 5.92 Å². The van der Waals surface area contributed by atoms with Crippen molar-refractivity contribution in [1.29, 1.82) is 0 Å². The van der Waals surface area contributed by atoms with Crippen LogP contribution in [0.3, 0.4) is 0 Å². The average molecular weight is 332 g/mol. The van der Waals surface area contributed by atoms with Crippen LogP contribution in [0.5, 0.6) is 0 Å². The van der Waals surface area contributed by atoms with Gasteiger partial charge in [-0.15, -0.1) is 0 Å². The normalized spacial score (nSPS) is 52.6. The SMILES string of the molecule is CC1(C)O[C@]2(C)CC[C@H]1C[C@H]2O[C@@H]1O[C@H](CO)[C@@H](O)[C@H](O)[C@H]1O. The van der Waals surface area contributed by atoms with Gasteiger partial charge in [-0.3, -0.25) is 0 Å². The van der Waals surface area contributed by atoms with Gasteiger partial charge in [0.15, 0.2) is 6.29 Å². The Labute approximate surface area is 136 Å². The number of hydrogen-bond donors (Lipinski definition) is 4. The van der Waals surface area contributed by atoms with E-state index >= 15 is 0 Å². The Kier molecular flexibility index (Phi) is 4.51. The molecule has 8 atom stereocenters. The molecule has 0 aromatic rings. The molecule has 3 saturated heterocycles. The Bertz CT molecular complexity index is 440. The van der Waals surface area contributed by atoms with Crippen molar-refractivity contribution in [1.82, 2.24) is 0 Å². The fourth-order valence-corrected chi connectivity index (χ4v) is 4.22. The van der Waals surface area contributed by atoms with Gasteiger partial charge in [0.05, 0.1) is 23.9 Å². The summed E-state index contributed by atoms with van der Waals surface area (Å²) < 4.78 is 17.6. The maximum absolute atomic E-state index is 10.1. The molecule has 7 heteroatoms. The van der Waals surface area contributed by atoms with Gasteiger partial charge in [-0.2, -0.15) is 0 Å². The van der Waals surface area contributed by atoms with E-state index in [1.807, 2.05) is 6.92 Å². The third kappa shape index (κ3) is 2.93. The molecule has 1 saturated carbocycles. The van der Waals surface area contributed by atoms with Crippen molar-refractivity contribution in [3.05, 3.63) is 0 Å². The zero-order chi connectivity index (χ0) is 17.0. The van der Waals surface area contributed by atoms with Gasteiger partial charge in [0.2, 0.25) is 0 Å². The predicted octanol–water partition coefficient (Wildman–Crippen LogP) is -0.461. The van der Waals surface area contributed by atoms with E-state index in [1.165, 1.54) is 0 Å². The second-order valence-corrected chi connectivity index (χ2v) is 7.81. The molecule has 0 amide bonds. The lowest BCUT2D eigenvalue weighted by Gasteiger charge is -2.58. The first-order chi connectivity index (χ1) is 10.7. The van der Waals surface area contributed by atoms with Crippen LogP contribution >= 0.6 is 0 Å². The highest BCUT2D eigenvalue weighted by Crippen LogP contribution is 2.51. The summed E-state index contributed by atoms with van der Waals surface area (Å²) in [6.45, 7) is 5.70. The van der Waals surface area contributed by atoms with Crippen molar-refractivity contribution in [2.45, 2.75) is 88.0 Å². The Morgan fingerprint density at radius 1 is 1.09 bits per heavy atom. The molecule has 3 aliphatic heterocycles. The minimum atomic E-state index is -1.42. The van der Waals surface area contributed by atoms with E-state index in [9.17, 15) is 20.4 Å². The summed E-state index contributed by atoms with van der Waals surface area (Å²) in [6, 6.07) is 0. The zero-order valence-electron chi connectivity index (χ0n) is 13.9. The van der Waals surface area contributed by atoms with Gasteiger partial charge in [-0.05, 0) is 46.0 Å². The molecule has 0 radical (unpaired) electrons. The van der Waals surface area contributed by atoms with E-state index < -0.39 is 42.9 Å². The van der Waals surface area contributed by atoms with Gasteiger partial charge >= 0.3 is 0 Å². The van der Waals surface area contributed by atoms with E-state index in [2.05, 4.69) is 13.8 Å². The van der Waals surface area contributed by atoms with Crippen LogP contribution < -0.4 is 0 Å². The Hall–Kier alpha value is -0.280.